The lowest BCUT2D eigenvalue weighted by Gasteiger charge is -2.29. The molecular weight excluding hydrogens is 424 g/mol. The molecule has 3 aliphatic rings. The third kappa shape index (κ3) is 4.02. The fraction of sp³-hybridized carbons (Fsp3) is 0.435. The van der Waals surface area contributed by atoms with E-state index in [1.807, 2.05) is 18.3 Å². The van der Waals surface area contributed by atoms with Crippen molar-refractivity contribution in [2.24, 2.45) is 5.92 Å². The molecule has 4 heterocycles. The minimum absolute atomic E-state index is 0.0813. The summed E-state index contributed by atoms with van der Waals surface area (Å²) in [7, 11) is 0. The van der Waals surface area contributed by atoms with Crippen molar-refractivity contribution in [3.05, 3.63) is 30.0 Å². The molecule has 172 valence electrons. The zero-order chi connectivity index (χ0) is 22.2. The number of carbonyl (C=O) groups excluding carboxylic acids is 1. The summed E-state index contributed by atoms with van der Waals surface area (Å²) in [5.41, 5.74) is 1.89. The highest BCUT2D eigenvalue weighted by molar-refractivity contribution is 5.99. The van der Waals surface area contributed by atoms with Gasteiger partial charge in [0.25, 0.3) is 5.91 Å². The molecule has 1 aliphatic carbocycles. The normalized spacial score (nSPS) is 17.8. The van der Waals surface area contributed by atoms with Crippen LogP contribution in [0.1, 0.15) is 23.2 Å². The maximum absolute atomic E-state index is 13.1. The summed E-state index contributed by atoms with van der Waals surface area (Å²) in [6, 6.07) is 5.56. The van der Waals surface area contributed by atoms with Gasteiger partial charge in [0, 0.05) is 25.8 Å². The highest BCUT2D eigenvalue weighted by atomic mass is 16.6. The molecule has 10 heteroatoms. The number of aromatic amines is 1. The van der Waals surface area contributed by atoms with E-state index in [1.165, 1.54) is 12.8 Å². The molecule has 1 aromatic carbocycles. The lowest BCUT2D eigenvalue weighted by Crippen LogP contribution is -2.41. The number of hydrogen-bond acceptors (Lipinski definition) is 8. The van der Waals surface area contributed by atoms with Gasteiger partial charge in [-0.3, -0.25) is 4.79 Å². The molecule has 3 aromatic rings. The average Bonchev–Trinajstić information content (AvgIpc) is 3.57. The smallest absolute Gasteiger partial charge is 0.257 e. The van der Waals surface area contributed by atoms with Gasteiger partial charge in [0.2, 0.25) is 5.95 Å². The van der Waals surface area contributed by atoms with Crippen LogP contribution in [0.5, 0.6) is 11.5 Å². The number of morpholine rings is 1. The van der Waals surface area contributed by atoms with Gasteiger partial charge in [0.1, 0.15) is 24.7 Å². The first-order chi connectivity index (χ1) is 16.3. The highest BCUT2D eigenvalue weighted by Crippen LogP contribution is 2.42. The largest absolute Gasteiger partial charge is 0.485 e. The van der Waals surface area contributed by atoms with Gasteiger partial charge in [-0.15, -0.1) is 0 Å². The van der Waals surface area contributed by atoms with Crippen LogP contribution in [0.3, 0.4) is 0 Å². The number of anilines is 3. The second-order valence-corrected chi connectivity index (χ2v) is 8.51. The molecule has 0 unspecified atom stereocenters. The quantitative estimate of drug-likeness (QED) is 0.525. The number of amides is 1. The fourth-order valence-electron chi connectivity index (χ4n) is 4.16. The van der Waals surface area contributed by atoms with E-state index in [2.05, 4.69) is 20.6 Å². The molecule has 2 aromatic heterocycles. The molecule has 2 aliphatic heterocycles. The van der Waals surface area contributed by atoms with Gasteiger partial charge < -0.3 is 34.7 Å². The zero-order valence-corrected chi connectivity index (χ0v) is 18.2. The molecule has 10 nitrogen and oxygen atoms in total. The number of benzene rings is 1. The third-order valence-corrected chi connectivity index (χ3v) is 6.13. The van der Waals surface area contributed by atoms with Crippen molar-refractivity contribution in [2.75, 3.05) is 56.7 Å². The second kappa shape index (κ2) is 8.43. The number of carbonyl (C=O) groups is 1. The predicted molar refractivity (Wildman–Crippen MR) is 123 cm³/mol. The van der Waals surface area contributed by atoms with Gasteiger partial charge in [-0.25, -0.2) is 0 Å². The first-order valence-corrected chi connectivity index (χ1v) is 11.4. The molecule has 0 spiro atoms. The van der Waals surface area contributed by atoms with E-state index in [0.717, 1.165) is 29.3 Å². The Bertz CT molecular complexity index is 1190. The van der Waals surface area contributed by atoms with Crippen molar-refractivity contribution in [1.82, 2.24) is 19.9 Å². The summed E-state index contributed by atoms with van der Waals surface area (Å²) in [4.78, 5) is 27.4. The molecule has 1 saturated heterocycles. The van der Waals surface area contributed by atoms with Crippen LogP contribution in [0.25, 0.3) is 11.0 Å². The Hall–Kier alpha value is -3.53. The molecule has 0 bridgehead atoms. The van der Waals surface area contributed by atoms with Crippen molar-refractivity contribution in [3.8, 4) is 11.5 Å². The number of ether oxygens (including phenoxy) is 3. The fourth-order valence-corrected chi connectivity index (χ4v) is 4.16. The lowest BCUT2D eigenvalue weighted by atomic mass is 10.1. The van der Waals surface area contributed by atoms with Crippen LogP contribution in [0, 0.1) is 5.92 Å². The molecule has 33 heavy (non-hydrogen) atoms. The van der Waals surface area contributed by atoms with E-state index in [1.54, 1.807) is 11.0 Å². The molecular formula is C23H26N6O4. The molecule has 1 saturated carbocycles. The van der Waals surface area contributed by atoms with Crippen LogP contribution in [-0.2, 0) is 4.74 Å². The Labute approximate surface area is 190 Å². The standard InChI is InChI=1S/C23H26N6O4/c30-22(29-7-9-31-10-8-29)15-3-4-17(19-18(15)32-11-12-33-19)26-23-27-20-16(5-6-24-20)21(28-23)25-13-14-1-2-14/h3-6,14H,1-2,7-13H2,(H3,24,25,26,27,28). The topological polar surface area (TPSA) is 114 Å². The molecule has 1 amide bonds. The average molecular weight is 450 g/mol. The number of nitrogens with one attached hydrogen (secondary N) is 3. The van der Waals surface area contributed by atoms with E-state index in [-0.39, 0.29) is 5.91 Å². The summed E-state index contributed by atoms with van der Waals surface area (Å²) in [5, 5.41) is 7.68. The van der Waals surface area contributed by atoms with Crippen molar-refractivity contribution in [1.29, 1.82) is 0 Å². The first-order valence-electron chi connectivity index (χ1n) is 11.4. The van der Waals surface area contributed by atoms with Crippen molar-refractivity contribution < 1.29 is 19.0 Å². The number of rotatable bonds is 6. The lowest BCUT2D eigenvalue weighted by molar-refractivity contribution is 0.0298. The number of aromatic nitrogens is 3. The summed E-state index contributed by atoms with van der Waals surface area (Å²) in [5.74, 6) is 2.83. The predicted octanol–water partition coefficient (Wildman–Crippen LogP) is 2.77. The Morgan fingerprint density at radius 2 is 1.88 bits per heavy atom. The summed E-state index contributed by atoms with van der Waals surface area (Å²) >= 11 is 0. The van der Waals surface area contributed by atoms with Gasteiger partial charge in [-0.2, -0.15) is 9.97 Å². The Kier molecular flexibility index (Phi) is 5.14. The second-order valence-electron chi connectivity index (χ2n) is 8.51. The van der Waals surface area contributed by atoms with Crippen LogP contribution in [0.15, 0.2) is 24.4 Å². The Morgan fingerprint density at radius 1 is 1.06 bits per heavy atom. The van der Waals surface area contributed by atoms with Crippen LogP contribution < -0.4 is 20.1 Å². The minimum Gasteiger partial charge on any atom is -0.485 e. The van der Waals surface area contributed by atoms with Gasteiger partial charge in [-0.1, -0.05) is 0 Å². The Morgan fingerprint density at radius 3 is 2.70 bits per heavy atom. The maximum Gasteiger partial charge on any atom is 0.257 e. The Balaban J connectivity index is 1.31. The number of fused-ring (bicyclic) bond motifs is 2. The number of H-pyrrole nitrogens is 1. The van der Waals surface area contributed by atoms with Crippen molar-refractivity contribution in [3.63, 3.8) is 0 Å². The van der Waals surface area contributed by atoms with Gasteiger partial charge in [0.15, 0.2) is 11.5 Å². The van der Waals surface area contributed by atoms with Gasteiger partial charge in [-0.05, 0) is 37.0 Å². The summed E-state index contributed by atoms with van der Waals surface area (Å²) in [6.45, 7) is 3.91. The van der Waals surface area contributed by atoms with Crippen LogP contribution in [0.4, 0.5) is 17.5 Å². The monoisotopic (exact) mass is 450 g/mol. The minimum atomic E-state index is -0.0813. The van der Waals surface area contributed by atoms with Crippen molar-refractivity contribution >= 4 is 34.4 Å². The molecule has 3 N–H and O–H groups in total. The van der Waals surface area contributed by atoms with E-state index < -0.39 is 0 Å². The first kappa shape index (κ1) is 20.1. The van der Waals surface area contributed by atoms with E-state index in [0.29, 0.717) is 68.2 Å². The van der Waals surface area contributed by atoms with Gasteiger partial charge in [0.05, 0.1) is 29.9 Å². The number of nitrogens with zero attached hydrogens (tertiary/aromatic N) is 3. The van der Waals surface area contributed by atoms with Crippen LogP contribution in [-0.4, -0.2) is 71.8 Å². The van der Waals surface area contributed by atoms with Crippen molar-refractivity contribution in [2.45, 2.75) is 12.8 Å². The molecule has 0 atom stereocenters. The SMILES string of the molecule is O=C(c1ccc(Nc2nc(NCC3CC3)c3cc[nH]c3n2)c2c1OCCO2)N1CCOCC1. The van der Waals surface area contributed by atoms with E-state index >= 15 is 0 Å². The van der Waals surface area contributed by atoms with Gasteiger partial charge >= 0.3 is 0 Å². The van der Waals surface area contributed by atoms with E-state index in [4.69, 9.17) is 19.2 Å². The van der Waals surface area contributed by atoms with Crippen LogP contribution in [0.2, 0.25) is 0 Å². The molecule has 0 radical (unpaired) electrons. The number of hydrogen-bond donors (Lipinski definition) is 3. The summed E-state index contributed by atoms with van der Waals surface area (Å²) < 4.78 is 17.2. The molecule has 6 rings (SSSR count). The molecule has 2 fully saturated rings. The highest BCUT2D eigenvalue weighted by Gasteiger charge is 2.28. The zero-order valence-electron chi connectivity index (χ0n) is 18.2. The van der Waals surface area contributed by atoms with E-state index in [9.17, 15) is 4.79 Å². The van der Waals surface area contributed by atoms with Crippen LogP contribution >= 0.6 is 0 Å². The third-order valence-electron chi connectivity index (χ3n) is 6.13. The summed E-state index contributed by atoms with van der Waals surface area (Å²) in [6.07, 6.45) is 4.38. The maximum atomic E-state index is 13.1.